The van der Waals surface area contributed by atoms with E-state index in [0.29, 0.717) is 0 Å². The fourth-order valence-corrected chi connectivity index (χ4v) is 5.66. The summed E-state index contributed by atoms with van der Waals surface area (Å²) in [6, 6.07) is 11.6. The molecule has 2 N–H and O–H groups in total. The number of hydrogen-bond donors (Lipinski definition) is 2. The van der Waals surface area contributed by atoms with Gasteiger partial charge in [0.2, 0.25) is 0 Å². The first-order valence-electron chi connectivity index (χ1n) is 11.0. The molecule has 0 aliphatic carbocycles. The highest BCUT2D eigenvalue weighted by Crippen LogP contribution is 2.34. The number of likely N-dealkylation sites (tertiary alicyclic amines) is 1. The summed E-state index contributed by atoms with van der Waals surface area (Å²) < 4.78 is 33.6. The molecule has 1 heterocycles. The number of hydrogen-bond acceptors (Lipinski definition) is 6. The van der Waals surface area contributed by atoms with Crippen LogP contribution < -0.4 is 4.31 Å². The summed E-state index contributed by atoms with van der Waals surface area (Å²) in [5.41, 5.74) is -0.527. The number of ether oxygens (including phenoxy) is 1. The van der Waals surface area contributed by atoms with E-state index in [1.807, 2.05) is 0 Å². The Morgan fingerprint density at radius 1 is 1.03 bits per heavy atom. The van der Waals surface area contributed by atoms with E-state index in [1.54, 1.807) is 39.0 Å². The predicted octanol–water partition coefficient (Wildman–Crippen LogP) is 3.69. The number of sulfonamides is 1. The number of carbonyl (C=O) groups excluding carboxylic acids is 1. The van der Waals surface area contributed by atoms with E-state index < -0.39 is 39.6 Å². The number of phenolic OH excluding ortho intramolecular Hbond substituents is 1. The molecule has 0 saturated carbocycles. The van der Waals surface area contributed by atoms with Crippen LogP contribution in [0.1, 0.15) is 33.6 Å². The molecule has 2 aromatic carbocycles. The number of nitrogens with zero attached hydrogens (tertiary/aromatic N) is 2. The second-order valence-corrected chi connectivity index (χ2v) is 11.0. The van der Waals surface area contributed by atoms with Crippen molar-refractivity contribution in [1.29, 1.82) is 0 Å². The lowest BCUT2D eigenvalue weighted by Crippen LogP contribution is -2.53. The third-order valence-corrected chi connectivity index (χ3v) is 7.37. The molecule has 2 aromatic rings. The maximum atomic E-state index is 13.7. The lowest BCUT2D eigenvalue weighted by Gasteiger charge is -2.39. The quantitative estimate of drug-likeness (QED) is 0.633. The van der Waals surface area contributed by atoms with Crippen molar-refractivity contribution in [3.63, 3.8) is 0 Å². The molecule has 10 heteroatoms. The average Bonchev–Trinajstić information content (AvgIpc) is 2.77. The third kappa shape index (κ3) is 5.80. The Morgan fingerprint density at radius 2 is 1.59 bits per heavy atom. The number of carboxylic acids is 1. The number of phenols is 1. The Kier molecular flexibility index (Phi) is 7.40. The summed E-state index contributed by atoms with van der Waals surface area (Å²) in [5, 5.41) is 19.9. The fraction of sp³-hybridized carbons (Fsp3) is 0.417. The van der Waals surface area contributed by atoms with Crippen LogP contribution in [0.5, 0.6) is 5.75 Å². The van der Waals surface area contributed by atoms with Gasteiger partial charge in [0.15, 0.2) is 0 Å². The molecule has 34 heavy (non-hydrogen) atoms. The van der Waals surface area contributed by atoms with Gasteiger partial charge in [-0.3, -0.25) is 4.31 Å². The summed E-state index contributed by atoms with van der Waals surface area (Å²) in [5.74, 6) is -1.91. The standard InChI is InChI=1S/C24H30N2O7S/c1-24(2,3)33-23(30)25-15-13-17(14-16-25)21(22(28)29)26(18-9-11-19(27)12-10-18)34(31,32)20-7-5-4-6-8-20/h4-12,17,21,27H,13-16H2,1-3H3,(H,28,29). The number of carboxylic acid groups (broad SMARTS) is 1. The summed E-state index contributed by atoms with van der Waals surface area (Å²) in [7, 11) is -4.25. The zero-order chi connectivity index (χ0) is 25.1. The monoisotopic (exact) mass is 490 g/mol. The topological polar surface area (TPSA) is 124 Å². The van der Waals surface area contributed by atoms with Gasteiger partial charge in [-0.2, -0.15) is 0 Å². The molecule has 0 spiro atoms. The summed E-state index contributed by atoms with van der Waals surface area (Å²) in [4.78, 5) is 26.4. The minimum absolute atomic E-state index is 0.0412. The van der Waals surface area contributed by atoms with Gasteiger partial charge in [0.1, 0.15) is 17.4 Å². The highest BCUT2D eigenvalue weighted by Gasteiger charge is 2.43. The lowest BCUT2D eigenvalue weighted by molar-refractivity contribution is -0.140. The molecule has 3 rings (SSSR count). The molecule has 1 aliphatic rings. The van der Waals surface area contributed by atoms with Crippen LogP contribution in [0.15, 0.2) is 59.5 Å². The molecular weight excluding hydrogens is 460 g/mol. The predicted molar refractivity (Wildman–Crippen MR) is 126 cm³/mol. The van der Waals surface area contributed by atoms with Crippen LogP contribution in [0, 0.1) is 5.92 Å². The van der Waals surface area contributed by atoms with Crippen molar-refractivity contribution in [3.05, 3.63) is 54.6 Å². The highest BCUT2D eigenvalue weighted by molar-refractivity contribution is 7.93. The number of amides is 1. The fourth-order valence-electron chi connectivity index (χ4n) is 3.97. The summed E-state index contributed by atoms with van der Waals surface area (Å²) in [6.45, 7) is 5.79. The normalized spacial score (nSPS) is 16.0. The van der Waals surface area contributed by atoms with Gasteiger partial charge in [-0.1, -0.05) is 18.2 Å². The largest absolute Gasteiger partial charge is 0.508 e. The van der Waals surface area contributed by atoms with E-state index in [2.05, 4.69) is 0 Å². The van der Waals surface area contributed by atoms with Crippen LogP contribution in [0.3, 0.4) is 0 Å². The van der Waals surface area contributed by atoms with Crippen LogP contribution >= 0.6 is 0 Å². The Morgan fingerprint density at radius 3 is 2.09 bits per heavy atom. The van der Waals surface area contributed by atoms with Gasteiger partial charge >= 0.3 is 12.1 Å². The molecule has 1 aliphatic heterocycles. The van der Waals surface area contributed by atoms with Crippen LogP contribution in [-0.2, 0) is 19.6 Å². The highest BCUT2D eigenvalue weighted by atomic mass is 32.2. The van der Waals surface area contributed by atoms with Crippen LogP contribution in [-0.4, -0.2) is 60.3 Å². The van der Waals surface area contributed by atoms with Gasteiger partial charge in [0.25, 0.3) is 10.0 Å². The zero-order valence-electron chi connectivity index (χ0n) is 19.4. The number of rotatable bonds is 6. The van der Waals surface area contributed by atoms with E-state index in [9.17, 15) is 28.2 Å². The van der Waals surface area contributed by atoms with E-state index >= 15 is 0 Å². The van der Waals surface area contributed by atoms with Crippen LogP contribution in [0.25, 0.3) is 0 Å². The van der Waals surface area contributed by atoms with Gasteiger partial charge in [-0.05, 0) is 75.9 Å². The number of benzene rings is 2. The van der Waals surface area contributed by atoms with E-state index in [4.69, 9.17) is 4.74 Å². The van der Waals surface area contributed by atoms with Gasteiger partial charge in [-0.25, -0.2) is 18.0 Å². The molecule has 9 nitrogen and oxygen atoms in total. The Hall–Kier alpha value is -3.27. The van der Waals surface area contributed by atoms with E-state index in [1.165, 1.54) is 41.3 Å². The smallest absolute Gasteiger partial charge is 0.410 e. The van der Waals surface area contributed by atoms with Crippen molar-refractivity contribution < 1.29 is 33.0 Å². The Labute approximate surface area is 199 Å². The molecule has 0 aromatic heterocycles. The lowest BCUT2D eigenvalue weighted by atomic mass is 9.89. The number of aliphatic carboxylic acids is 1. The van der Waals surface area contributed by atoms with Crippen molar-refractivity contribution in [3.8, 4) is 5.75 Å². The molecule has 1 amide bonds. The molecule has 184 valence electrons. The van der Waals surface area contributed by atoms with Gasteiger partial charge < -0.3 is 19.8 Å². The number of anilines is 1. The summed E-state index contributed by atoms with van der Waals surface area (Å²) in [6.07, 6.45) is 0.0922. The van der Waals surface area contributed by atoms with Crippen molar-refractivity contribution >= 4 is 27.8 Å². The first-order valence-corrected chi connectivity index (χ1v) is 12.4. The summed E-state index contributed by atoms with van der Waals surface area (Å²) >= 11 is 0. The molecule has 1 fully saturated rings. The average molecular weight is 491 g/mol. The zero-order valence-corrected chi connectivity index (χ0v) is 20.2. The Balaban J connectivity index is 1.94. The molecule has 1 unspecified atom stereocenters. The van der Waals surface area contributed by atoms with Crippen molar-refractivity contribution in [2.24, 2.45) is 5.92 Å². The number of piperidine rings is 1. The molecule has 1 saturated heterocycles. The van der Waals surface area contributed by atoms with E-state index in [0.717, 1.165) is 4.31 Å². The maximum absolute atomic E-state index is 13.7. The number of carbonyl (C=O) groups is 2. The van der Waals surface area contributed by atoms with Crippen LogP contribution in [0.4, 0.5) is 10.5 Å². The second-order valence-electron chi connectivity index (χ2n) is 9.22. The first-order chi connectivity index (χ1) is 15.9. The first kappa shape index (κ1) is 25.4. The van der Waals surface area contributed by atoms with Gasteiger partial charge in [0.05, 0.1) is 10.6 Å². The SMILES string of the molecule is CC(C)(C)OC(=O)N1CCC(C(C(=O)O)N(c2ccc(O)cc2)S(=O)(=O)c2ccccc2)CC1. The molecule has 0 bridgehead atoms. The van der Waals surface area contributed by atoms with Crippen molar-refractivity contribution in [2.75, 3.05) is 17.4 Å². The maximum Gasteiger partial charge on any atom is 0.410 e. The molecular formula is C24H30N2O7S. The minimum atomic E-state index is -4.25. The van der Waals surface area contributed by atoms with Gasteiger partial charge in [-0.15, -0.1) is 0 Å². The van der Waals surface area contributed by atoms with Crippen molar-refractivity contribution in [1.82, 2.24) is 4.90 Å². The molecule has 1 atom stereocenters. The van der Waals surface area contributed by atoms with Crippen molar-refractivity contribution in [2.45, 2.75) is 50.2 Å². The number of aromatic hydroxyl groups is 1. The van der Waals surface area contributed by atoms with E-state index in [-0.39, 0.29) is 42.3 Å². The van der Waals surface area contributed by atoms with Gasteiger partial charge in [0, 0.05) is 13.1 Å². The molecule has 0 radical (unpaired) electrons. The Bertz CT molecular complexity index is 1100. The third-order valence-electron chi connectivity index (χ3n) is 5.55. The van der Waals surface area contributed by atoms with Crippen LogP contribution in [0.2, 0.25) is 0 Å². The minimum Gasteiger partial charge on any atom is -0.508 e. The second kappa shape index (κ2) is 9.92.